The Balaban J connectivity index is 1.17. The lowest BCUT2D eigenvalue weighted by Crippen LogP contribution is -2.53. The fourth-order valence-electron chi connectivity index (χ4n) is 7.32. The van der Waals surface area contributed by atoms with Gasteiger partial charge in [0, 0.05) is 36.9 Å². The monoisotopic (exact) mass is 752 g/mol. The number of amides is 3. The number of carbonyl (C=O) groups is 4. The molecule has 0 spiro atoms. The van der Waals surface area contributed by atoms with E-state index in [1.165, 1.54) is 11.3 Å². The number of nitrogens with zero attached hydrogens (tertiary/aromatic N) is 2. The van der Waals surface area contributed by atoms with Crippen LogP contribution in [0.3, 0.4) is 0 Å². The number of alkyl carbamates (subject to hydrolysis) is 1. The van der Waals surface area contributed by atoms with Crippen molar-refractivity contribution in [3.63, 3.8) is 0 Å². The molecule has 0 fully saturated rings. The van der Waals surface area contributed by atoms with Gasteiger partial charge in [0.1, 0.15) is 18.3 Å². The molecule has 1 aliphatic carbocycles. The predicted octanol–water partition coefficient (Wildman–Crippen LogP) is 7.57. The number of benzene rings is 3. The zero-order chi connectivity index (χ0) is 38.9. The molecular formula is C43H52N4O6S. The van der Waals surface area contributed by atoms with Crippen LogP contribution >= 0.6 is 11.3 Å². The van der Waals surface area contributed by atoms with Crippen LogP contribution < -0.4 is 10.6 Å². The lowest BCUT2D eigenvalue weighted by molar-refractivity contribution is -0.141. The number of rotatable bonds is 17. The van der Waals surface area contributed by atoms with E-state index in [1.807, 2.05) is 68.4 Å². The quantitative estimate of drug-likeness (QED) is 0.101. The van der Waals surface area contributed by atoms with Crippen molar-refractivity contribution in [2.24, 2.45) is 17.8 Å². The smallest absolute Gasteiger partial charge is 0.407 e. The maximum atomic E-state index is 14.0. The summed E-state index contributed by atoms with van der Waals surface area (Å²) in [6.45, 7) is 9.72. The number of aromatic nitrogens is 1. The summed E-state index contributed by atoms with van der Waals surface area (Å²) in [5.74, 6) is -2.23. The largest absolute Gasteiger partial charge is 0.481 e. The van der Waals surface area contributed by atoms with Crippen LogP contribution in [0.2, 0.25) is 0 Å². The molecule has 1 heterocycles. The first-order valence-electron chi connectivity index (χ1n) is 18.7. The Morgan fingerprint density at radius 2 is 1.46 bits per heavy atom. The van der Waals surface area contributed by atoms with Crippen LogP contribution in [0.25, 0.3) is 11.1 Å². The van der Waals surface area contributed by atoms with Crippen molar-refractivity contribution in [1.82, 2.24) is 20.5 Å². The van der Waals surface area contributed by atoms with E-state index in [9.17, 15) is 24.3 Å². The topological polar surface area (TPSA) is 138 Å². The van der Waals surface area contributed by atoms with E-state index in [0.717, 1.165) is 32.8 Å². The Labute approximate surface area is 322 Å². The van der Waals surface area contributed by atoms with Crippen LogP contribution in [0, 0.1) is 17.8 Å². The van der Waals surface area contributed by atoms with Gasteiger partial charge in [-0.3, -0.25) is 14.4 Å². The third-order valence-corrected chi connectivity index (χ3v) is 11.2. The average Bonchev–Trinajstić information content (AvgIpc) is 3.76. The van der Waals surface area contributed by atoms with Gasteiger partial charge in [-0.1, -0.05) is 113 Å². The summed E-state index contributed by atoms with van der Waals surface area (Å²) in [6.07, 6.45) is 1.32. The lowest BCUT2D eigenvalue weighted by atomic mass is 9.95. The Kier molecular flexibility index (Phi) is 13.6. The standard InChI is InChI=1S/C43H52N4O6S/c1-26(2)37(20-21-38-45-36(25-54-38)40(48)44-30(22-28(5)42(50)51)23-29-14-8-7-9-15-29)47(6)41(49)39(27(3)4)46-43(52)53-24-35-33-18-12-10-16-31(33)32-17-11-13-19-34(32)35/h7-19,25-28,30,35,37,39H,20-24H2,1-6H3,(H,44,48)(H,46,52)(H,50,51). The summed E-state index contributed by atoms with van der Waals surface area (Å²) in [4.78, 5) is 58.4. The highest BCUT2D eigenvalue weighted by atomic mass is 32.1. The summed E-state index contributed by atoms with van der Waals surface area (Å²) in [5.41, 5.74) is 5.82. The summed E-state index contributed by atoms with van der Waals surface area (Å²) < 4.78 is 5.78. The van der Waals surface area contributed by atoms with Crippen molar-refractivity contribution in [2.45, 2.75) is 84.3 Å². The fourth-order valence-corrected chi connectivity index (χ4v) is 8.11. The van der Waals surface area contributed by atoms with Crippen LogP contribution in [0.4, 0.5) is 4.79 Å². The van der Waals surface area contributed by atoms with Crippen LogP contribution in [0.15, 0.2) is 84.2 Å². The molecule has 3 aromatic carbocycles. The van der Waals surface area contributed by atoms with Crippen molar-refractivity contribution in [1.29, 1.82) is 0 Å². The number of carbonyl (C=O) groups excluding carboxylic acids is 3. The number of nitrogens with one attached hydrogen (secondary N) is 2. The van der Waals surface area contributed by atoms with Gasteiger partial charge in [0.2, 0.25) is 5.91 Å². The number of thiazole rings is 1. The molecule has 5 rings (SSSR count). The molecule has 4 aromatic rings. The molecule has 10 nitrogen and oxygen atoms in total. The van der Waals surface area contributed by atoms with Crippen molar-refractivity contribution in [2.75, 3.05) is 13.7 Å². The molecule has 4 unspecified atom stereocenters. The van der Waals surface area contributed by atoms with Gasteiger partial charge < -0.3 is 25.4 Å². The normalized spacial score (nSPS) is 14.4. The van der Waals surface area contributed by atoms with Crippen LogP contribution in [-0.4, -0.2) is 70.6 Å². The molecule has 3 amide bonds. The minimum atomic E-state index is -0.908. The molecular weight excluding hydrogens is 701 g/mol. The lowest BCUT2D eigenvalue weighted by Gasteiger charge is -2.35. The molecule has 54 heavy (non-hydrogen) atoms. The number of likely N-dealkylation sites (N-methyl/N-ethyl adjacent to an activating group) is 1. The molecule has 4 atom stereocenters. The molecule has 0 saturated heterocycles. The molecule has 11 heteroatoms. The molecule has 3 N–H and O–H groups in total. The SMILES string of the molecule is CC(CC(Cc1ccccc1)NC(=O)c1csc(CCC(C(C)C)N(C)C(=O)C(NC(=O)OCC2c3ccccc3-c3ccccc32)C(C)C)n1)C(=O)O. The van der Waals surface area contributed by atoms with Gasteiger partial charge in [-0.2, -0.15) is 0 Å². The van der Waals surface area contributed by atoms with E-state index in [-0.39, 0.29) is 60.4 Å². The molecule has 0 saturated carbocycles. The number of carboxylic acid groups (broad SMARTS) is 1. The summed E-state index contributed by atoms with van der Waals surface area (Å²) in [5, 5.41) is 17.9. The van der Waals surface area contributed by atoms with E-state index in [0.29, 0.717) is 19.3 Å². The second-order valence-electron chi connectivity index (χ2n) is 15.0. The zero-order valence-electron chi connectivity index (χ0n) is 32.0. The van der Waals surface area contributed by atoms with Crippen LogP contribution in [0.5, 0.6) is 0 Å². The van der Waals surface area contributed by atoms with Crippen LogP contribution in [0.1, 0.15) is 85.6 Å². The first kappa shape index (κ1) is 40.2. The minimum absolute atomic E-state index is 0.0850. The van der Waals surface area contributed by atoms with Gasteiger partial charge in [-0.15, -0.1) is 11.3 Å². The summed E-state index contributed by atoms with van der Waals surface area (Å²) in [6, 6.07) is 24.7. The van der Waals surface area contributed by atoms with Crippen molar-refractivity contribution >= 4 is 35.2 Å². The van der Waals surface area contributed by atoms with Gasteiger partial charge >= 0.3 is 12.1 Å². The molecule has 0 radical (unpaired) electrons. The van der Waals surface area contributed by atoms with E-state index in [2.05, 4.69) is 53.7 Å². The van der Waals surface area contributed by atoms with E-state index < -0.39 is 24.0 Å². The average molecular weight is 753 g/mol. The number of aryl methyl sites for hydroxylation is 1. The number of carboxylic acids is 1. The number of aliphatic carboxylic acids is 1. The van der Waals surface area contributed by atoms with Gasteiger partial charge in [0.25, 0.3) is 5.91 Å². The molecule has 0 bridgehead atoms. The maximum Gasteiger partial charge on any atom is 0.407 e. The van der Waals surface area contributed by atoms with Crippen molar-refractivity contribution in [3.05, 3.63) is 112 Å². The Bertz CT molecular complexity index is 1860. The van der Waals surface area contributed by atoms with Gasteiger partial charge in [-0.05, 0) is 58.9 Å². The van der Waals surface area contributed by atoms with Gasteiger partial charge in [-0.25, -0.2) is 9.78 Å². The molecule has 1 aromatic heterocycles. The Morgan fingerprint density at radius 1 is 0.852 bits per heavy atom. The maximum absolute atomic E-state index is 14.0. The second kappa shape index (κ2) is 18.3. The number of hydrogen-bond acceptors (Lipinski definition) is 7. The third kappa shape index (κ3) is 9.93. The second-order valence-corrected chi connectivity index (χ2v) is 15.9. The van der Waals surface area contributed by atoms with Gasteiger partial charge in [0.15, 0.2) is 0 Å². The number of hydrogen-bond donors (Lipinski definition) is 3. The highest BCUT2D eigenvalue weighted by Crippen LogP contribution is 2.44. The molecule has 286 valence electrons. The van der Waals surface area contributed by atoms with Crippen molar-refractivity contribution < 1.29 is 29.0 Å². The first-order valence-corrected chi connectivity index (χ1v) is 19.6. The first-order chi connectivity index (χ1) is 25.8. The van der Waals surface area contributed by atoms with E-state index in [1.54, 1.807) is 24.3 Å². The van der Waals surface area contributed by atoms with E-state index in [4.69, 9.17) is 4.74 Å². The molecule has 0 aliphatic heterocycles. The number of ether oxygens (including phenoxy) is 1. The number of fused-ring (bicyclic) bond motifs is 3. The minimum Gasteiger partial charge on any atom is -0.481 e. The highest BCUT2D eigenvalue weighted by Gasteiger charge is 2.34. The Hall–Kier alpha value is -5.03. The summed E-state index contributed by atoms with van der Waals surface area (Å²) in [7, 11) is 1.77. The highest BCUT2D eigenvalue weighted by molar-refractivity contribution is 7.09. The van der Waals surface area contributed by atoms with E-state index >= 15 is 0 Å². The Morgan fingerprint density at radius 3 is 2.06 bits per heavy atom. The van der Waals surface area contributed by atoms with Gasteiger partial charge in [0.05, 0.1) is 10.9 Å². The third-order valence-electron chi connectivity index (χ3n) is 10.3. The molecule has 1 aliphatic rings. The van der Waals surface area contributed by atoms with Crippen LogP contribution in [-0.2, 0) is 27.2 Å². The predicted molar refractivity (Wildman–Crippen MR) is 211 cm³/mol. The summed E-state index contributed by atoms with van der Waals surface area (Å²) >= 11 is 1.39. The zero-order valence-corrected chi connectivity index (χ0v) is 32.8. The fraction of sp³-hybridized carbons (Fsp3) is 0.419. The van der Waals surface area contributed by atoms with Crippen molar-refractivity contribution in [3.8, 4) is 11.1 Å².